The van der Waals surface area contributed by atoms with Crippen molar-refractivity contribution in [3.05, 3.63) is 28.2 Å². The topological polar surface area (TPSA) is 58.4 Å². The normalized spacial score (nSPS) is 20.2. The molecule has 1 aliphatic heterocycles. The third-order valence-corrected chi connectivity index (χ3v) is 3.97. The molecule has 1 atom stereocenters. The van der Waals surface area contributed by atoms with Crippen molar-refractivity contribution < 1.29 is 4.79 Å². The average Bonchev–Trinajstić information content (AvgIpc) is 2.37. The van der Waals surface area contributed by atoms with Crippen LogP contribution >= 0.6 is 15.9 Å². The first kappa shape index (κ1) is 14.3. The summed E-state index contributed by atoms with van der Waals surface area (Å²) in [5.74, 6) is 0.265. The van der Waals surface area contributed by atoms with Crippen LogP contribution in [0.2, 0.25) is 0 Å². The summed E-state index contributed by atoms with van der Waals surface area (Å²) >= 11 is 3.46. The Bertz CT molecular complexity index is 444. The fraction of sp³-hybridized carbons (Fsp3) is 0.500. The summed E-state index contributed by atoms with van der Waals surface area (Å²) in [6.45, 7) is 2.71. The zero-order chi connectivity index (χ0) is 13.8. The van der Waals surface area contributed by atoms with Crippen molar-refractivity contribution in [1.29, 1.82) is 0 Å². The van der Waals surface area contributed by atoms with Gasteiger partial charge < -0.3 is 11.1 Å². The van der Waals surface area contributed by atoms with Gasteiger partial charge in [0.05, 0.1) is 5.92 Å². The lowest BCUT2D eigenvalue weighted by atomic mass is 9.97. The van der Waals surface area contributed by atoms with Crippen molar-refractivity contribution >= 4 is 27.5 Å². The Kier molecular flexibility index (Phi) is 4.82. The number of amides is 1. The van der Waals surface area contributed by atoms with E-state index in [0.29, 0.717) is 0 Å². The van der Waals surface area contributed by atoms with E-state index in [-0.39, 0.29) is 11.8 Å². The summed E-state index contributed by atoms with van der Waals surface area (Å²) in [5.41, 5.74) is 7.80. The van der Waals surface area contributed by atoms with Crippen LogP contribution in [0.3, 0.4) is 0 Å². The van der Waals surface area contributed by atoms with E-state index in [1.165, 1.54) is 5.56 Å². The molecule has 19 heavy (non-hydrogen) atoms. The number of rotatable bonds is 3. The highest BCUT2D eigenvalue weighted by atomic mass is 79.9. The van der Waals surface area contributed by atoms with Crippen molar-refractivity contribution in [1.82, 2.24) is 10.2 Å². The minimum absolute atomic E-state index is 0.114. The van der Waals surface area contributed by atoms with Gasteiger partial charge in [-0.25, -0.2) is 0 Å². The molecule has 1 fully saturated rings. The second-order valence-electron chi connectivity index (χ2n) is 5.08. The van der Waals surface area contributed by atoms with E-state index in [9.17, 15) is 4.79 Å². The average molecular weight is 326 g/mol. The lowest BCUT2D eigenvalue weighted by Crippen LogP contribution is -2.41. The number of hydrogen-bond acceptors (Lipinski definition) is 3. The highest BCUT2D eigenvalue weighted by Crippen LogP contribution is 2.22. The minimum Gasteiger partial charge on any atom is -0.399 e. The molecule has 3 N–H and O–H groups in total. The summed E-state index contributed by atoms with van der Waals surface area (Å²) in [4.78, 5) is 14.0. The van der Waals surface area contributed by atoms with Crippen molar-refractivity contribution in [3.8, 4) is 0 Å². The van der Waals surface area contributed by atoms with E-state index >= 15 is 0 Å². The predicted octanol–water partition coefficient (Wildman–Crippen LogP) is 1.99. The molecular weight excluding hydrogens is 306 g/mol. The quantitative estimate of drug-likeness (QED) is 0.835. The van der Waals surface area contributed by atoms with Gasteiger partial charge in [-0.1, -0.05) is 15.9 Å². The fourth-order valence-electron chi connectivity index (χ4n) is 2.64. The van der Waals surface area contributed by atoms with Gasteiger partial charge in [-0.15, -0.1) is 0 Å². The standard InChI is InChI=1S/C14H20BrN3O/c1-17-14(19)11-3-2-4-18(9-11)8-10-5-12(15)7-13(16)6-10/h5-7,11H,2-4,8-9,16H2,1H3,(H,17,19). The molecule has 1 aromatic rings. The third-order valence-electron chi connectivity index (χ3n) is 3.51. The first-order valence-electron chi connectivity index (χ1n) is 6.57. The van der Waals surface area contributed by atoms with Gasteiger partial charge in [0.2, 0.25) is 5.91 Å². The molecule has 2 rings (SSSR count). The number of nitrogen functional groups attached to an aromatic ring is 1. The molecule has 1 heterocycles. The monoisotopic (exact) mass is 325 g/mol. The van der Waals surface area contributed by atoms with Gasteiger partial charge in [-0.2, -0.15) is 0 Å². The number of nitrogens with zero attached hydrogens (tertiary/aromatic N) is 1. The molecule has 1 saturated heterocycles. The summed E-state index contributed by atoms with van der Waals surface area (Å²) in [6.07, 6.45) is 2.05. The fourth-order valence-corrected chi connectivity index (χ4v) is 3.20. The number of benzene rings is 1. The van der Waals surface area contributed by atoms with Crippen molar-refractivity contribution in [2.45, 2.75) is 19.4 Å². The van der Waals surface area contributed by atoms with Gasteiger partial charge in [-0.05, 0) is 43.1 Å². The Morgan fingerprint density at radius 3 is 3.00 bits per heavy atom. The summed E-state index contributed by atoms with van der Waals surface area (Å²) in [7, 11) is 1.70. The molecule has 1 aliphatic rings. The zero-order valence-electron chi connectivity index (χ0n) is 11.2. The molecule has 0 saturated carbocycles. The third kappa shape index (κ3) is 3.94. The van der Waals surface area contributed by atoms with Crippen LogP contribution in [0.5, 0.6) is 0 Å². The molecule has 5 heteroatoms. The van der Waals surface area contributed by atoms with Gasteiger partial charge in [0.25, 0.3) is 0 Å². The Morgan fingerprint density at radius 2 is 2.32 bits per heavy atom. The Hall–Kier alpha value is -1.07. The smallest absolute Gasteiger partial charge is 0.224 e. The van der Waals surface area contributed by atoms with E-state index in [1.807, 2.05) is 12.1 Å². The van der Waals surface area contributed by atoms with Crippen LogP contribution in [0.25, 0.3) is 0 Å². The number of piperidine rings is 1. The lowest BCUT2D eigenvalue weighted by molar-refractivity contribution is -0.126. The highest BCUT2D eigenvalue weighted by Gasteiger charge is 2.24. The van der Waals surface area contributed by atoms with Gasteiger partial charge in [-0.3, -0.25) is 9.69 Å². The molecule has 1 amide bonds. The predicted molar refractivity (Wildman–Crippen MR) is 80.6 cm³/mol. The zero-order valence-corrected chi connectivity index (χ0v) is 12.7. The maximum Gasteiger partial charge on any atom is 0.224 e. The van der Waals surface area contributed by atoms with Gasteiger partial charge in [0, 0.05) is 30.3 Å². The Labute approximate surface area is 122 Å². The minimum atomic E-state index is 0.114. The summed E-state index contributed by atoms with van der Waals surface area (Å²) in [6, 6.07) is 5.97. The largest absolute Gasteiger partial charge is 0.399 e. The van der Waals surface area contributed by atoms with Gasteiger partial charge >= 0.3 is 0 Å². The van der Waals surface area contributed by atoms with Crippen LogP contribution in [0.1, 0.15) is 18.4 Å². The molecule has 1 unspecified atom stereocenters. The molecular formula is C14H20BrN3O. The Morgan fingerprint density at radius 1 is 1.53 bits per heavy atom. The molecule has 4 nitrogen and oxygen atoms in total. The van der Waals surface area contributed by atoms with E-state index in [1.54, 1.807) is 7.05 Å². The number of likely N-dealkylation sites (tertiary alicyclic amines) is 1. The first-order chi connectivity index (χ1) is 9.08. The molecule has 1 aromatic carbocycles. The van der Waals surface area contributed by atoms with Crippen molar-refractivity contribution in [3.63, 3.8) is 0 Å². The van der Waals surface area contributed by atoms with E-state index in [2.05, 4.69) is 32.2 Å². The Balaban J connectivity index is 2.00. The molecule has 0 spiro atoms. The number of nitrogens with two attached hydrogens (primary N) is 1. The van der Waals surface area contributed by atoms with Crippen LogP contribution in [0.15, 0.2) is 22.7 Å². The maximum atomic E-state index is 11.7. The van der Waals surface area contributed by atoms with Crippen LogP contribution in [-0.2, 0) is 11.3 Å². The van der Waals surface area contributed by atoms with E-state index in [4.69, 9.17) is 5.73 Å². The summed E-state index contributed by atoms with van der Waals surface area (Å²) < 4.78 is 1.00. The van der Waals surface area contributed by atoms with Crippen LogP contribution < -0.4 is 11.1 Å². The second kappa shape index (κ2) is 6.39. The number of anilines is 1. The number of carbonyl (C=O) groups is 1. The highest BCUT2D eigenvalue weighted by molar-refractivity contribution is 9.10. The van der Waals surface area contributed by atoms with Gasteiger partial charge in [0.1, 0.15) is 0 Å². The molecule has 104 valence electrons. The SMILES string of the molecule is CNC(=O)C1CCCN(Cc2cc(N)cc(Br)c2)C1. The number of halogens is 1. The second-order valence-corrected chi connectivity index (χ2v) is 6.00. The molecule has 0 radical (unpaired) electrons. The van der Waals surface area contributed by atoms with Crippen molar-refractivity contribution in [2.75, 3.05) is 25.9 Å². The van der Waals surface area contributed by atoms with Crippen molar-refractivity contribution in [2.24, 2.45) is 5.92 Å². The van der Waals surface area contributed by atoms with Crippen LogP contribution in [0, 0.1) is 5.92 Å². The van der Waals surface area contributed by atoms with E-state index < -0.39 is 0 Å². The maximum absolute atomic E-state index is 11.7. The lowest BCUT2D eigenvalue weighted by Gasteiger charge is -2.31. The van der Waals surface area contributed by atoms with Crippen LogP contribution in [0.4, 0.5) is 5.69 Å². The number of carbonyl (C=O) groups excluding carboxylic acids is 1. The molecule has 0 bridgehead atoms. The van der Waals surface area contributed by atoms with Crippen LogP contribution in [-0.4, -0.2) is 30.9 Å². The molecule has 0 aromatic heterocycles. The number of hydrogen-bond donors (Lipinski definition) is 2. The summed E-state index contributed by atoms with van der Waals surface area (Å²) in [5, 5.41) is 2.74. The first-order valence-corrected chi connectivity index (χ1v) is 7.36. The van der Waals surface area contributed by atoms with E-state index in [0.717, 1.165) is 42.6 Å². The molecule has 0 aliphatic carbocycles. The van der Waals surface area contributed by atoms with Gasteiger partial charge in [0.15, 0.2) is 0 Å². The number of nitrogens with one attached hydrogen (secondary N) is 1.